The molecule has 98 valence electrons. The molecule has 0 aliphatic carbocycles. The van der Waals surface area contributed by atoms with Crippen molar-refractivity contribution in [3.63, 3.8) is 0 Å². The van der Waals surface area contributed by atoms with Gasteiger partial charge in [0.25, 0.3) is 0 Å². The summed E-state index contributed by atoms with van der Waals surface area (Å²) in [5.41, 5.74) is 0. The molecule has 2 aromatic heterocycles. The highest BCUT2D eigenvalue weighted by molar-refractivity contribution is 9.13. The second-order valence-corrected chi connectivity index (χ2v) is 7.82. The smallest absolute Gasteiger partial charge is 0.134 e. The van der Waals surface area contributed by atoms with E-state index in [-0.39, 0.29) is 6.04 Å². The maximum Gasteiger partial charge on any atom is 0.134 e. The number of halogens is 2. The monoisotopic (exact) mass is 409 g/mol. The molecule has 2 aromatic rings. The fourth-order valence-electron chi connectivity index (χ4n) is 1.72. The number of hydrogen-bond donors (Lipinski definition) is 1. The molecule has 0 saturated carbocycles. The van der Waals surface area contributed by atoms with Crippen LogP contribution in [-0.4, -0.2) is 13.7 Å². The van der Waals surface area contributed by atoms with Gasteiger partial charge in [-0.25, -0.2) is 0 Å². The zero-order valence-corrected chi connectivity index (χ0v) is 14.8. The fourth-order valence-corrected chi connectivity index (χ4v) is 4.92. The van der Waals surface area contributed by atoms with Crippen molar-refractivity contribution in [1.29, 1.82) is 0 Å². The Bertz CT molecular complexity index is 504. The van der Waals surface area contributed by atoms with Crippen LogP contribution in [0.25, 0.3) is 0 Å². The zero-order valence-electron chi connectivity index (χ0n) is 10.00. The van der Waals surface area contributed by atoms with Gasteiger partial charge in [-0.3, -0.25) is 0 Å². The molecule has 0 bridgehead atoms. The molecule has 0 fully saturated rings. The largest absolute Gasteiger partial charge is 0.496 e. The summed E-state index contributed by atoms with van der Waals surface area (Å²) in [6, 6.07) is 4.36. The molecule has 2 nitrogen and oxygen atoms in total. The molecule has 0 aliphatic heterocycles. The van der Waals surface area contributed by atoms with Crippen LogP contribution < -0.4 is 10.1 Å². The first-order chi connectivity index (χ1) is 8.67. The average Bonchev–Trinajstić information content (AvgIpc) is 2.94. The molecule has 2 heterocycles. The molecule has 1 N–H and O–H groups in total. The highest BCUT2D eigenvalue weighted by Crippen LogP contribution is 2.41. The van der Waals surface area contributed by atoms with Gasteiger partial charge in [0.05, 0.1) is 21.8 Å². The summed E-state index contributed by atoms with van der Waals surface area (Å²) in [6.07, 6.45) is 0. The molecule has 0 saturated heterocycles. The number of nitrogens with one attached hydrogen (secondary N) is 1. The third kappa shape index (κ3) is 2.99. The first-order valence-electron chi connectivity index (χ1n) is 5.46. The Morgan fingerprint density at radius 1 is 1.44 bits per heavy atom. The second kappa shape index (κ2) is 6.52. The lowest BCUT2D eigenvalue weighted by atomic mass is 10.2. The third-order valence-electron chi connectivity index (χ3n) is 2.50. The van der Waals surface area contributed by atoms with Crippen molar-refractivity contribution in [2.75, 3.05) is 13.7 Å². The van der Waals surface area contributed by atoms with E-state index in [1.54, 1.807) is 29.8 Å². The van der Waals surface area contributed by atoms with E-state index in [1.165, 1.54) is 9.75 Å². The van der Waals surface area contributed by atoms with Gasteiger partial charge in [0.1, 0.15) is 5.75 Å². The number of methoxy groups -OCH3 is 1. The number of thiophene rings is 2. The summed E-state index contributed by atoms with van der Waals surface area (Å²) in [7, 11) is 1.72. The van der Waals surface area contributed by atoms with Crippen molar-refractivity contribution in [2.45, 2.75) is 13.0 Å². The van der Waals surface area contributed by atoms with Crippen LogP contribution in [0.15, 0.2) is 25.8 Å². The van der Waals surface area contributed by atoms with Crippen LogP contribution in [-0.2, 0) is 0 Å². The van der Waals surface area contributed by atoms with Gasteiger partial charge in [0.2, 0.25) is 0 Å². The molecule has 1 atom stereocenters. The normalized spacial score (nSPS) is 12.7. The minimum Gasteiger partial charge on any atom is -0.496 e. The molecule has 0 amide bonds. The van der Waals surface area contributed by atoms with Crippen molar-refractivity contribution in [1.82, 2.24) is 5.32 Å². The molecule has 18 heavy (non-hydrogen) atoms. The van der Waals surface area contributed by atoms with Crippen LogP contribution in [0.4, 0.5) is 0 Å². The molecule has 0 aromatic carbocycles. The maximum absolute atomic E-state index is 5.42. The fraction of sp³-hybridized carbons (Fsp3) is 0.333. The van der Waals surface area contributed by atoms with E-state index >= 15 is 0 Å². The molecule has 0 aliphatic rings. The number of ether oxygens (including phenoxy) is 1. The van der Waals surface area contributed by atoms with Gasteiger partial charge in [0, 0.05) is 9.35 Å². The topological polar surface area (TPSA) is 21.3 Å². The zero-order chi connectivity index (χ0) is 13.1. The number of rotatable bonds is 5. The predicted octanol–water partition coefficient (Wildman–Crippen LogP) is 5.04. The summed E-state index contributed by atoms with van der Waals surface area (Å²) in [6.45, 7) is 3.03. The average molecular weight is 411 g/mol. The molecule has 0 spiro atoms. The van der Waals surface area contributed by atoms with Gasteiger partial charge in [0.15, 0.2) is 0 Å². The van der Waals surface area contributed by atoms with Crippen LogP contribution in [0.5, 0.6) is 5.75 Å². The maximum atomic E-state index is 5.42. The third-order valence-corrected chi connectivity index (χ3v) is 6.78. The van der Waals surface area contributed by atoms with E-state index < -0.39 is 0 Å². The lowest BCUT2D eigenvalue weighted by molar-refractivity contribution is 0.408. The summed E-state index contributed by atoms with van der Waals surface area (Å²) in [4.78, 5) is 2.50. The molecule has 1 unspecified atom stereocenters. The highest BCUT2D eigenvalue weighted by Gasteiger charge is 2.21. The van der Waals surface area contributed by atoms with E-state index in [9.17, 15) is 0 Å². The van der Waals surface area contributed by atoms with Crippen molar-refractivity contribution in [2.24, 2.45) is 0 Å². The van der Waals surface area contributed by atoms with Gasteiger partial charge in [-0.15, -0.1) is 22.7 Å². The van der Waals surface area contributed by atoms with E-state index in [0.717, 1.165) is 20.6 Å². The Kier molecular flexibility index (Phi) is 5.26. The van der Waals surface area contributed by atoms with Gasteiger partial charge in [-0.05, 0) is 55.9 Å². The highest BCUT2D eigenvalue weighted by atomic mass is 79.9. The first-order valence-corrected chi connectivity index (χ1v) is 8.75. The number of hydrogen-bond acceptors (Lipinski definition) is 4. The molecule has 6 heteroatoms. The van der Waals surface area contributed by atoms with Gasteiger partial charge in [-0.2, -0.15) is 0 Å². The SMILES string of the molecule is CCNC(c1cc(Br)c(Br)s1)c1sccc1OC. The summed E-state index contributed by atoms with van der Waals surface area (Å²) in [5.74, 6) is 0.951. The van der Waals surface area contributed by atoms with Crippen LogP contribution >= 0.6 is 54.5 Å². The Morgan fingerprint density at radius 3 is 2.78 bits per heavy atom. The van der Waals surface area contributed by atoms with Crippen molar-refractivity contribution < 1.29 is 4.74 Å². The Balaban J connectivity index is 2.39. The summed E-state index contributed by atoms with van der Waals surface area (Å²) >= 11 is 10.6. The van der Waals surface area contributed by atoms with Crippen molar-refractivity contribution in [3.05, 3.63) is 35.5 Å². The molecular formula is C12H13Br2NOS2. The van der Waals surface area contributed by atoms with Crippen LogP contribution in [0.2, 0.25) is 0 Å². The van der Waals surface area contributed by atoms with E-state index in [0.29, 0.717) is 0 Å². The molecule has 0 radical (unpaired) electrons. The van der Waals surface area contributed by atoms with Crippen LogP contribution in [0, 0.1) is 0 Å². The molecular weight excluding hydrogens is 398 g/mol. The lowest BCUT2D eigenvalue weighted by Gasteiger charge is -2.16. The van der Waals surface area contributed by atoms with Crippen LogP contribution in [0.1, 0.15) is 22.7 Å². The Morgan fingerprint density at radius 2 is 2.22 bits per heavy atom. The van der Waals surface area contributed by atoms with Crippen molar-refractivity contribution >= 4 is 54.5 Å². The van der Waals surface area contributed by atoms with Gasteiger partial charge in [-0.1, -0.05) is 6.92 Å². The Hall–Kier alpha value is 0.120. The predicted molar refractivity (Wildman–Crippen MR) is 86.1 cm³/mol. The van der Waals surface area contributed by atoms with E-state index in [4.69, 9.17) is 4.74 Å². The van der Waals surface area contributed by atoms with Crippen LogP contribution in [0.3, 0.4) is 0 Å². The van der Waals surface area contributed by atoms with Gasteiger partial charge >= 0.3 is 0 Å². The molecule has 2 rings (SSSR count). The van der Waals surface area contributed by atoms with E-state index in [1.807, 2.05) is 6.07 Å². The first kappa shape index (κ1) is 14.5. The lowest BCUT2D eigenvalue weighted by Crippen LogP contribution is -2.20. The van der Waals surface area contributed by atoms with Gasteiger partial charge < -0.3 is 10.1 Å². The Labute approximate surface area is 132 Å². The standard InChI is InChI=1S/C12H13Br2NOS2/c1-3-15-10(9-6-7(13)12(14)18-9)11-8(16-2)4-5-17-11/h4-6,10,15H,3H2,1-2H3. The second-order valence-electron chi connectivity index (χ2n) is 3.61. The minimum atomic E-state index is 0.192. The van der Waals surface area contributed by atoms with E-state index in [2.05, 4.69) is 55.5 Å². The summed E-state index contributed by atoms with van der Waals surface area (Å²) in [5, 5.41) is 5.58. The van der Waals surface area contributed by atoms with Crippen molar-refractivity contribution in [3.8, 4) is 5.75 Å². The summed E-state index contributed by atoms with van der Waals surface area (Å²) < 4.78 is 7.64. The quantitative estimate of drug-likeness (QED) is 0.745. The minimum absolute atomic E-state index is 0.192.